The SMILES string of the molecule is CCC1(c2ncc[nH]2)C=Cc2ccccc2-c2ccccc21. The minimum absolute atomic E-state index is 0.209. The molecule has 1 aromatic heterocycles. The third kappa shape index (κ3) is 1.77. The summed E-state index contributed by atoms with van der Waals surface area (Å²) in [5.74, 6) is 1.01. The summed E-state index contributed by atoms with van der Waals surface area (Å²) in [5, 5.41) is 0. The third-order valence-electron chi connectivity index (χ3n) is 4.68. The fraction of sp³-hybridized carbons (Fsp3) is 0.150. The molecule has 0 amide bonds. The van der Waals surface area contributed by atoms with Crippen molar-refractivity contribution in [1.82, 2.24) is 9.97 Å². The minimum atomic E-state index is -0.209. The first-order chi connectivity index (χ1) is 10.8. The topological polar surface area (TPSA) is 28.7 Å². The highest BCUT2D eigenvalue weighted by Crippen LogP contribution is 2.44. The molecule has 108 valence electrons. The van der Waals surface area contributed by atoms with Gasteiger partial charge in [-0.1, -0.05) is 67.6 Å². The first kappa shape index (κ1) is 13.1. The molecule has 4 rings (SSSR count). The van der Waals surface area contributed by atoms with Crippen LogP contribution in [0.25, 0.3) is 17.2 Å². The van der Waals surface area contributed by atoms with Gasteiger partial charge in [0, 0.05) is 12.4 Å². The van der Waals surface area contributed by atoms with Crippen LogP contribution in [0.1, 0.15) is 30.3 Å². The first-order valence-corrected chi connectivity index (χ1v) is 7.73. The summed E-state index contributed by atoms with van der Waals surface area (Å²) in [6.45, 7) is 2.22. The van der Waals surface area contributed by atoms with Crippen LogP contribution in [0.5, 0.6) is 0 Å². The summed E-state index contributed by atoms with van der Waals surface area (Å²) in [6, 6.07) is 17.3. The van der Waals surface area contributed by atoms with Gasteiger partial charge < -0.3 is 4.98 Å². The molecule has 0 aliphatic heterocycles. The summed E-state index contributed by atoms with van der Waals surface area (Å²) in [4.78, 5) is 7.91. The number of hydrogen-bond acceptors (Lipinski definition) is 1. The Morgan fingerprint density at radius 3 is 2.55 bits per heavy atom. The molecule has 22 heavy (non-hydrogen) atoms. The molecular formula is C20H18N2. The highest BCUT2D eigenvalue weighted by Gasteiger charge is 2.36. The summed E-state index contributed by atoms with van der Waals surface area (Å²) >= 11 is 0. The lowest BCUT2D eigenvalue weighted by Crippen LogP contribution is -2.26. The van der Waals surface area contributed by atoms with Crippen LogP contribution < -0.4 is 0 Å². The van der Waals surface area contributed by atoms with E-state index in [1.807, 2.05) is 12.4 Å². The molecule has 1 aliphatic carbocycles. The van der Waals surface area contributed by atoms with Crippen molar-refractivity contribution in [1.29, 1.82) is 0 Å². The van der Waals surface area contributed by atoms with Gasteiger partial charge in [-0.25, -0.2) is 4.98 Å². The summed E-state index contributed by atoms with van der Waals surface area (Å²) in [5.41, 5.74) is 4.95. The van der Waals surface area contributed by atoms with Crippen molar-refractivity contribution in [2.75, 3.05) is 0 Å². The van der Waals surface area contributed by atoms with Crippen LogP contribution in [-0.2, 0) is 5.41 Å². The molecule has 0 spiro atoms. The molecule has 0 saturated heterocycles. The van der Waals surface area contributed by atoms with Crippen molar-refractivity contribution in [2.24, 2.45) is 0 Å². The van der Waals surface area contributed by atoms with E-state index in [4.69, 9.17) is 0 Å². The molecule has 1 unspecified atom stereocenters. The highest BCUT2D eigenvalue weighted by molar-refractivity contribution is 5.82. The number of fused-ring (bicyclic) bond motifs is 3. The number of nitrogens with zero attached hydrogens (tertiary/aromatic N) is 1. The van der Waals surface area contributed by atoms with E-state index in [1.165, 1.54) is 22.3 Å². The fourth-order valence-electron chi connectivity index (χ4n) is 3.51. The average molecular weight is 286 g/mol. The molecule has 0 fully saturated rings. The summed E-state index contributed by atoms with van der Waals surface area (Å²) < 4.78 is 0. The van der Waals surface area contributed by atoms with Crippen LogP contribution >= 0.6 is 0 Å². The minimum Gasteiger partial charge on any atom is -0.348 e. The number of nitrogens with one attached hydrogen (secondary N) is 1. The molecule has 1 heterocycles. The van der Waals surface area contributed by atoms with Crippen LogP contribution in [0.2, 0.25) is 0 Å². The second kappa shape index (κ2) is 4.99. The van der Waals surface area contributed by atoms with Crippen LogP contribution in [-0.4, -0.2) is 9.97 Å². The molecule has 1 aliphatic rings. The number of hydrogen-bond donors (Lipinski definition) is 1. The molecule has 2 aromatic carbocycles. The molecule has 1 N–H and O–H groups in total. The standard InChI is InChI=1S/C20H18N2/c1-2-20(19-21-13-14-22-19)12-11-15-7-3-4-8-16(15)17-9-5-6-10-18(17)20/h3-14H,2H2,1H3,(H,21,22). The molecule has 3 aromatic rings. The van der Waals surface area contributed by atoms with E-state index in [0.29, 0.717) is 0 Å². The molecule has 1 atom stereocenters. The van der Waals surface area contributed by atoms with Crippen molar-refractivity contribution in [2.45, 2.75) is 18.8 Å². The number of rotatable bonds is 2. The van der Waals surface area contributed by atoms with Gasteiger partial charge in [0.15, 0.2) is 0 Å². The quantitative estimate of drug-likeness (QED) is 0.720. The lowest BCUT2D eigenvalue weighted by atomic mass is 9.75. The average Bonchev–Trinajstić information content (AvgIpc) is 3.07. The van der Waals surface area contributed by atoms with Crippen molar-refractivity contribution < 1.29 is 0 Å². The van der Waals surface area contributed by atoms with Crippen molar-refractivity contribution in [3.8, 4) is 11.1 Å². The van der Waals surface area contributed by atoms with Gasteiger partial charge in [0.05, 0.1) is 5.41 Å². The van der Waals surface area contributed by atoms with Crippen LogP contribution in [0.15, 0.2) is 67.0 Å². The van der Waals surface area contributed by atoms with Gasteiger partial charge >= 0.3 is 0 Å². The number of H-pyrrole nitrogens is 1. The monoisotopic (exact) mass is 286 g/mol. The molecule has 2 heteroatoms. The number of imidazole rings is 1. The maximum atomic E-state index is 4.58. The number of benzene rings is 2. The van der Waals surface area contributed by atoms with Gasteiger partial charge in [-0.3, -0.25) is 0 Å². The van der Waals surface area contributed by atoms with Gasteiger partial charge in [-0.05, 0) is 28.7 Å². The second-order valence-corrected chi connectivity index (χ2v) is 5.73. The lowest BCUT2D eigenvalue weighted by molar-refractivity contribution is 0.586. The Balaban J connectivity index is 2.08. The Morgan fingerprint density at radius 2 is 1.77 bits per heavy atom. The Kier molecular flexibility index (Phi) is 2.97. The number of aromatic nitrogens is 2. The molecule has 0 saturated carbocycles. The van der Waals surface area contributed by atoms with E-state index >= 15 is 0 Å². The highest BCUT2D eigenvalue weighted by atomic mass is 14.9. The van der Waals surface area contributed by atoms with E-state index in [2.05, 4.69) is 77.6 Å². The van der Waals surface area contributed by atoms with Crippen molar-refractivity contribution >= 4 is 6.08 Å². The maximum Gasteiger partial charge on any atom is 0.120 e. The normalized spacial score (nSPS) is 19.3. The van der Waals surface area contributed by atoms with Gasteiger partial charge in [0.1, 0.15) is 5.82 Å². The second-order valence-electron chi connectivity index (χ2n) is 5.73. The molecular weight excluding hydrogens is 268 g/mol. The zero-order valence-electron chi connectivity index (χ0n) is 12.6. The fourth-order valence-corrected chi connectivity index (χ4v) is 3.51. The number of allylic oxidation sites excluding steroid dienone is 1. The predicted molar refractivity (Wildman–Crippen MR) is 90.6 cm³/mol. The van der Waals surface area contributed by atoms with E-state index in [-0.39, 0.29) is 5.41 Å². The Bertz CT molecular complexity index is 830. The van der Waals surface area contributed by atoms with E-state index < -0.39 is 0 Å². The van der Waals surface area contributed by atoms with Gasteiger partial charge in [-0.15, -0.1) is 0 Å². The molecule has 0 radical (unpaired) electrons. The lowest BCUT2D eigenvalue weighted by Gasteiger charge is -2.29. The Labute approximate surface area is 130 Å². The predicted octanol–water partition coefficient (Wildman–Crippen LogP) is 4.80. The molecule has 0 bridgehead atoms. The Morgan fingerprint density at radius 1 is 1.00 bits per heavy atom. The van der Waals surface area contributed by atoms with E-state index in [0.717, 1.165) is 12.2 Å². The maximum absolute atomic E-state index is 4.58. The first-order valence-electron chi connectivity index (χ1n) is 7.73. The Hall–Kier alpha value is -2.61. The van der Waals surface area contributed by atoms with E-state index in [9.17, 15) is 0 Å². The molecule has 2 nitrogen and oxygen atoms in total. The smallest absolute Gasteiger partial charge is 0.120 e. The summed E-state index contributed by atoms with van der Waals surface area (Å²) in [6.07, 6.45) is 9.24. The zero-order chi connectivity index (χ0) is 15.0. The van der Waals surface area contributed by atoms with Crippen LogP contribution in [0.4, 0.5) is 0 Å². The van der Waals surface area contributed by atoms with Crippen molar-refractivity contribution in [3.63, 3.8) is 0 Å². The van der Waals surface area contributed by atoms with Gasteiger partial charge in [0.25, 0.3) is 0 Å². The van der Waals surface area contributed by atoms with Crippen LogP contribution in [0.3, 0.4) is 0 Å². The largest absolute Gasteiger partial charge is 0.348 e. The number of aromatic amines is 1. The summed E-state index contributed by atoms with van der Waals surface area (Å²) in [7, 11) is 0. The van der Waals surface area contributed by atoms with Gasteiger partial charge in [-0.2, -0.15) is 0 Å². The third-order valence-corrected chi connectivity index (χ3v) is 4.68. The van der Waals surface area contributed by atoms with Gasteiger partial charge in [0.2, 0.25) is 0 Å². The van der Waals surface area contributed by atoms with Crippen molar-refractivity contribution in [3.05, 3.63) is 84.0 Å². The van der Waals surface area contributed by atoms with Crippen LogP contribution in [0, 0.1) is 0 Å². The zero-order valence-corrected chi connectivity index (χ0v) is 12.6. The van der Waals surface area contributed by atoms with E-state index in [1.54, 1.807) is 0 Å².